The van der Waals surface area contributed by atoms with E-state index >= 15 is 0 Å². The van der Waals surface area contributed by atoms with Crippen LogP contribution in [0.4, 0.5) is 11.4 Å². The highest BCUT2D eigenvalue weighted by Gasteiger charge is 2.22. The summed E-state index contributed by atoms with van der Waals surface area (Å²) < 4.78 is 0. The van der Waals surface area contributed by atoms with Crippen LogP contribution in [-0.4, -0.2) is 32.6 Å². The fraction of sp³-hybridized carbons (Fsp3) is 0.611. The van der Waals surface area contributed by atoms with Gasteiger partial charge in [0.2, 0.25) is 5.91 Å². The van der Waals surface area contributed by atoms with Crippen LogP contribution in [0.2, 0.25) is 0 Å². The van der Waals surface area contributed by atoms with Crippen LogP contribution in [0.3, 0.4) is 0 Å². The van der Waals surface area contributed by atoms with Crippen molar-refractivity contribution in [1.29, 1.82) is 0 Å². The zero-order valence-electron chi connectivity index (χ0n) is 14.3. The molecule has 1 aliphatic heterocycles. The number of amides is 1. The molecule has 4 heteroatoms. The molecule has 1 amide bonds. The van der Waals surface area contributed by atoms with Crippen LogP contribution in [0.25, 0.3) is 0 Å². The molecule has 4 nitrogen and oxygen atoms in total. The number of anilines is 2. The highest BCUT2D eigenvalue weighted by molar-refractivity contribution is 5.96. The predicted octanol–water partition coefficient (Wildman–Crippen LogP) is 3.03. The second-order valence-corrected chi connectivity index (χ2v) is 6.60. The minimum atomic E-state index is -0.00488. The molecule has 0 unspecified atom stereocenters. The van der Waals surface area contributed by atoms with Crippen LogP contribution in [0.1, 0.15) is 32.3 Å². The molecule has 1 aliphatic rings. The van der Waals surface area contributed by atoms with Crippen LogP contribution < -0.4 is 15.5 Å². The predicted molar refractivity (Wildman–Crippen MR) is 93.5 cm³/mol. The van der Waals surface area contributed by atoms with Crippen molar-refractivity contribution in [3.8, 4) is 0 Å². The number of aryl methyl sites for hydroxylation is 1. The third-order valence-electron chi connectivity index (χ3n) is 4.44. The van der Waals surface area contributed by atoms with Crippen molar-refractivity contribution in [3.63, 3.8) is 0 Å². The summed E-state index contributed by atoms with van der Waals surface area (Å²) in [7, 11) is 2.02. The Morgan fingerprint density at radius 2 is 2.00 bits per heavy atom. The number of piperidine rings is 1. The van der Waals surface area contributed by atoms with E-state index in [0.717, 1.165) is 31.2 Å². The number of benzene rings is 1. The Morgan fingerprint density at radius 1 is 1.32 bits per heavy atom. The molecule has 1 aromatic rings. The molecular formula is C18H29N3O. The van der Waals surface area contributed by atoms with Gasteiger partial charge in [-0.1, -0.05) is 26.0 Å². The first-order valence-electron chi connectivity index (χ1n) is 8.33. The first kappa shape index (κ1) is 16.8. The number of hydrogen-bond acceptors (Lipinski definition) is 3. The summed E-state index contributed by atoms with van der Waals surface area (Å²) in [6, 6.07) is 6.16. The number of rotatable bonds is 5. The lowest BCUT2D eigenvalue weighted by Crippen LogP contribution is -2.37. The van der Waals surface area contributed by atoms with Gasteiger partial charge in [-0.05, 0) is 50.9 Å². The van der Waals surface area contributed by atoms with Gasteiger partial charge in [-0.25, -0.2) is 0 Å². The SMILES string of the molecule is CNCC1CCN(c2c(C)cccc2NC(=O)C(C)C)CC1. The van der Waals surface area contributed by atoms with Crippen LogP contribution in [0.15, 0.2) is 18.2 Å². The van der Waals surface area contributed by atoms with Gasteiger partial charge >= 0.3 is 0 Å². The zero-order chi connectivity index (χ0) is 16.1. The van der Waals surface area contributed by atoms with Crippen LogP contribution >= 0.6 is 0 Å². The highest BCUT2D eigenvalue weighted by Crippen LogP contribution is 2.33. The number of nitrogens with zero attached hydrogens (tertiary/aromatic N) is 1. The van der Waals surface area contributed by atoms with Crippen molar-refractivity contribution in [2.75, 3.05) is 36.9 Å². The third-order valence-corrected chi connectivity index (χ3v) is 4.44. The van der Waals surface area contributed by atoms with Crippen molar-refractivity contribution in [2.45, 2.75) is 33.6 Å². The smallest absolute Gasteiger partial charge is 0.226 e. The third kappa shape index (κ3) is 4.01. The molecule has 0 spiro atoms. The van der Waals surface area contributed by atoms with Crippen molar-refractivity contribution in [1.82, 2.24) is 5.32 Å². The van der Waals surface area contributed by atoms with Crippen molar-refractivity contribution >= 4 is 17.3 Å². The van der Waals surface area contributed by atoms with Gasteiger partial charge in [0, 0.05) is 19.0 Å². The minimum absolute atomic E-state index is 0.00488. The van der Waals surface area contributed by atoms with Gasteiger partial charge in [0.25, 0.3) is 0 Å². The monoisotopic (exact) mass is 303 g/mol. The lowest BCUT2D eigenvalue weighted by atomic mass is 9.95. The number of para-hydroxylation sites is 1. The van der Waals surface area contributed by atoms with Crippen LogP contribution in [-0.2, 0) is 4.79 Å². The van der Waals surface area contributed by atoms with Crippen molar-refractivity contribution in [2.24, 2.45) is 11.8 Å². The zero-order valence-corrected chi connectivity index (χ0v) is 14.3. The Morgan fingerprint density at radius 3 is 2.59 bits per heavy atom. The molecule has 0 bridgehead atoms. The van der Waals surface area contributed by atoms with E-state index in [0.29, 0.717) is 0 Å². The molecule has 2 N–H and O–H groups in total. The van der Waals surface area contributed by atoms with E-state index in [9.17, 15) is 4.79 Å². The van der Waals surface area contributed by atoms with Gasteiger partial charge in [-0.3, -0.25) is 4.79 Å². The molecule has 0 atom stereocenters. The summed E-state index contributed by atoms with van der Waals surface area (Å²) in [5.74, 6) is 0.839. The summed E-state index contributed by atoms with van der Waals surface area (Å²) in [4.78, 5) is 14.5. The van der Waals surface area contributed by atoms with E-state index in [4.69, 9.17) is 0 Å². The second kappa shape index (κ2) is 7.63. The molecule has 0 aliphatic carbocycles. The second-order valence-electron chi connectivity index (χ2n) is 6.60. The van der Waals surface area contributed by atoms with E-state index in [2.05, 4.69) is 28.5 Å². The summed E-state index contributed by atoms with van der Waals surface area (Å²) in [5, 5.41) is 6.37. The average Bonchev–Trinajstić information content (AvgIpc) is 2.49. The first-order valence-corrected chi connectivity index (χ1v) is 8.33. The first-order chi connectivity index (χ1) is 10.5. The van der Waals surface area contributed by atoms with Gasteiger partial charge in [0.1, 0.15) is 0 Å². The largest absolute Gasteiger partial charge is 0.370 e. The molecule has 1 heterocycles. The molecule has 1 saturated heterocycles. The average molecular weight is 303 g/mol. The van der Waals surface area contributed by atoms with Gasteiger partial charge < -0.3 is 15.5 Å². The standard InChI is InChI=1S/C18H29N3O/c1-13(2)18(22)20-16-7-5-6-14(3)17(16)21-10-8-15(9-11-21)12-19-4/h5-7,13,15,19H,8-12H2,1-4H3,(H,20,22). The maximum Gasteiger partial charge on any atom is 0.226 e. The van der Waals surface area contributed by atoms with Gasteiger partial charge in [-0.15, -0.1) is 0 Å². The van der Waals surface area contributed by atoms with Crippen molar-refractivity contribution < 1.29 is 4.79 Å². The number of carbonyl (C=O) groups is 1. The van der Waals surface area contributed by atoms with Gasteiger partial charge in [0.05, 0.1) is 11.4 Å². The Labute approximate surface area is 134 Å². The maximum atomic E-state index is 12.1. The summed E-state index contributed by atoms with van der Waals surface area (Å²) in [6.07, 6.45) is 2.40. The molecule has 2 rings (SSSR count). The van der Waals surface area contributed by atoms with Crippen LogP contribution in [0, 0.1) is 18.8 Å². The molecule has 122 valence electrons. The molecule has 0 radical (unpaired) electrons. The van der Waals surface area contributed by atoms with E-state index < -0.39 is 0 Å². The van der Waals surface area contributed by atoms with E-state index in [-0.39, 0.29) is 11.8 Å². The Kier molecular flexibility index (Phi) is 5.83. The normalized spacial score (nSPS) is 16.1. The van der Waals surface area contributed by atoms with Crippen LogP contribution in [0.5, 0.6) is 0 Å². The minimum Gasteiger partial charge on any atom is -0.370 e. The lowest BCUT2D eigenvalue weighted by Gasteiger charge is -2.35. The topological polar surface area (TPSA) is 44.4 Å². The molecule has 0 saturated carbocycles. The quantitative estimate of drug-likeness (QED) is 0.879. The fourth-order valence-electron chi connectivity index (χ4n) is 3.11. The van der Waals surface area contributed by atoms with Gasteiger partial charge in [-0.2, -0.15) is 0 Å². The van der Waals surface area contributed by atoms with E-state index in [1.54, 1.807) is 0 Å². The number of hydrogen-bond donors (Lipinski definition) is 2. The number of nitrogens with one attached hydrogen (secondary N) is 2. The molecule has 1 aromatic carbocycles. The molecule has 22 heavy (non-hydrogen) atoms. The molecule has 1 fully saturated rings. The highest BCUT2D eigenvalue weighted by atomic mass is 16.1. The summed E-state index contributed by atoms with van der Waals surface area (Å²) in [6.45, 7) is 9.18. The Balaban J connectivity index is 2.15. The number of carbonyl (C=O) groups excluding carboxylic acids is 1. The molecular weight excluding hydrogens is 274 g/mol. The Hall–Kier alpha value is -1.55. The summed E-state index contributed by atoms with van der Waals surface area (Å²) in [5.41, 5.74) is 3.37. The maximum absolute atomic E-state index is 12.1. The molecule has 0 aromatic heterocycles. The van der Waals surface area contributed by atoms with E-state index in [1.807, 2.05) is 33.0 Å². The Bertz CT molecular complexity index is 505. The fourth-order valence-corrected chi connectivity index (χ4v) is 3.11. The van der Waals surface area contributed by atoms with Crippen molar-refractivity contribution in [3.05, 3.63) is 23.8 Å². The van der Waals surface area contributed by atoms with Gasteiger partial charge in [0.15, 0.2) is 0 Å². The summed E-state index contributed by atoms with van der Waals surface area (Å²) >= 11 is 0. The van der Waals surface area contributed by atoms with E-state index in [1.165, 1.54) is 24.1 Å². The lowest BCUT2D eigenvalue weighted by molar-refractivity contribution is -0.118.